The van der Waals surface area contributed by atoms with Gasteiger partial charge in [-0.05, 0) is 36.8 Å². The summed E-state index contributed by atoms with van der Waals surface area (Å²) < 4.78 is 15.9. The highest BCUT2D eigenvalue weighted by Crippen LogP contribution is 2.17. The number of benzene rings is 2. The molecule has 2 amide bonds. The average Bonchev–Trinajstić information content (AvgIpc) is 2.70. The van der Waals surface area contributed by atoms with Crippen molar-refractivity contribution in [3.8, 4) is 11.5 Å². The Morgan fingerprint density at radius 1 is 0.963 bits per heavy atom. The van der Waals surface area contributed by atoms with Gasteiger partial charge in [-0.3, -0.25) is 20.4 Å². The van der Waals surface area contributed by atoms with Crippen LogP contribution in [-0.2, 0) is 16.0 Å². The van der Waals surface area contributed by atoms with E-state index in [1.165, 1.54) is 0 Å². The van der Waals surface area contributed by atoms with E-state index in [0.29, 0.717) is 36.9 Å². The largest absolute Gasteiger partial charge is 0.497 e. The van der Waals surface area contributed by atoms with Gasteiger partial charge in [0.25, 0.3) is 5.91 Å². The lowest BCUT2D eigenvalue weighted by molar-refractivity contribution is -0.121. The minimum Gasteiger partial charge on any atom is -0.497 e. The molecule has 0 saturated carbocycles. The monoisotopic (exact) mass is 372 g/mol. The number of ether oxygens (including phenoxy) is 3. The number of carbonyl (C=O) groups is 2. The van der Waals surface area contributed by atoms with Gasteiger partial charge < -0.3 is 14.2 Å². The Bertz CT molecular complexity index is 746. The molecule has 2 N–H and O–H groups in total. The van der Waals surface area contributed by atoms with Crippen LogP contribution in [0.15, 0.2) is 48.5 Å². The lowest BCUT2D eigenvalue weighted by Gasteiger charge is -2.12. The number of methoxy groups -OCH3 is 1. The van der Waals surface area contributed by atoms with Gasteiger partial charge in [0.05, 0.1) is 25.7 Å². The Hall–Kier alpha value is -3.06. The zero-order valence-corrected chi connectivity index (χ0v) is 15.5. The molecule has 0 aliphatic heterocycles. The Kier molecular flexibility index (Phi) is 8.12. The summed E-state index contributed by atoms with van der Waals surface area (Å²) in [4.78, 5) is 24.4. The first-order valence-corrected chi connectivity index (χ1v) is 8.65. The van der Waals surface area contributed by atoms with E-state index < -0.39 is 5.91 Å². The second-order valence-corrected chi connectivity index (χ2v) is 5.57. The van der Waals surface area contributed by atoms with E-state index >= 15 is 0 Å². The fourth-order valence-corrected chi connectivity index (χ4v) is 2.30. The molecule has 0 aliphatic carbocycles. The van der Waals surface area contributed by atoms with Crippen LogP contribution >= 0.6 is 0 Å². The zero-order chi connectivity index (χ0) is 19.5. The third-order valence-corrected chi connectivity index (χ3v) is 3.66. The smallest absolute Gasteiger partial charge is 0.273 e. The van der Waals surface area contributed by atoms with Gasteiger partial charge >= 0.3 is 0 Å². The van der Waals surface area contributed by atoms with Crippen LogP contribution in [0.1, 0.15) is 22.8 Å². The predicted octanol–water partition coefficient (Wildman–Crippen LogP) is 2.11. The van der Waals surface area contributed by atoms with Crippen LogP contribution in [-0.4, -0.2) is 38.7 Å². The van der Waals surface area contributed by atoms with Crippen LogP contribution < -0.4 is 20.3 Å². The number of carbonyl (C=O) groups excluding carboxylic acids is 2. The van der Waals surface area contributed by atoms with E-state index in [-0.39, 0.29) is 12.3 Å². The highest BCUT2D eigenvalue weighted by Gasteiger charge is 2.13. The van der Waals surface area contributed by atoms with Gasteiger partial charge in [0.2, 0.25) is 5.91 Å². The van der Waals surface area contributed by atoms with Gasteiger partial charge in [0.15, 0.2) is 0 Å². The number of nitrogens with one attached hydrogen (secondary N) is 2. The molecule has 7 nitrogen and oxygen atoms in total. The van der Waals surface area contributed by atoms with E-state index in [9.17, 15) is 9.59 Å². The first kappa shape index (κ1) is 20.3. The predicted molar refractivity (Wildman–Crippen MR) is 101 cm³/mol. The van der Waals surface area contributed by atoms with Crippen LogP contribution in [0.5, 0.6) is 11.5 Å². The van der Waals surface area contributed by atoms with Crippen LogP contribution in [0.3, 0.4) is 0 Å². The van der Waals surface area contributed by atoms with E-state index in [1.54, 1.807) is 55.6 Å². The molecule has 0 aliphatic rings. The van der Waals surface area contributed by atoms with Gasteiger partial charge in [-0.1, -0.05) is 24.3 Å². The molecule has 0 bridgehead atoms. The maximum atomic E-state index is 12.3. The highest BCUT2D eigenvalue weighted by molar-refractivity contribution is 5.97. The van der Waals surface area contributed by atoms with Crippen molar-refractivity contribution in [1.82, 2.24) is 10.9 Å². The lowest BCUT2D eigenvalue weighted by Crippen LogP contribution is -2.42. The quantitative estimate of drug-likeness (QED) is 0.520. The maximum Gasteiger partial charge on any atom is 0.273 e. The van der Waals surface area contributed by atoms with E-state index in [2.05, 4.69) is 10.9 Å². The normalized spacial score (nSPS) is 10.1. The zero-order valence-electron chi connectivity index (χ0n) is 15.5. The molecule has 0 saturated heterocycles. The third-order valence-electron chi connectivity index (χ3n) is 3.66. The van der Waals surface area contributed by atoms with Crippen molar-refractivity contribution in [3.05, 3.63) is 59.7 Å². The summed E-state index contributed by atoms with van der Waals surface area (Å²) in [7, 11) is 1.58. The van der Waals surface area contributed by atoms with Gasteiger partial charge in [-0.25, -0.2) is 0 Å². The molecule has 2 aromatic carbocycles. The van der Waals surface area contributed by atoms with Crippen molar-refractivity contribution >= 4 is 11.8 Å². The number of hydrogen-bond acceptors (Lipinski definition) is 5. The third kappa shape index (κ3) is 6.63. The number of hydrogen-bond donors (Lipinski definition) is 2. The Morgan fingerprint density at radius 3 is 2.41 bits per heavy atom. The van der Waals surface area contributed by atoms with Gasteiger partial charge in [0.1, 0.15) is 18.1 Å². The second-order valence-electron chi connectivity index (χ2n) is 5.57. The number of hydrazine groups is 1. The Morgan fingerprint density at radius 2 is 1.70 bits per heavy atom. The summed E-state index contributed by atoms with van der Waals surface area (Å²) in [6.45, 7) is 3.27. The molecular formula is C20H24N2O5. The fourth-order valence-electron chi connectivity index (χ4n) is 2.30. The molecule has 144 valence electrons. The highest BCUT2D eigenvalue weighted by atomic mass is 16.5. The Labute approximate surface area is 158 Å². The van der Waals surface area contributed by atoms with Crippen LogP contribution in [0.4, 0.5) is 0 Å². The van der Waals surface area contributed by atoms with Crippen LogP contribution in [0, 0.1) is 0 Å². The van der Waals surface area contributed by atoms with Crippen molar-refractivity contribution < 1.29 is 23.8 Å². The molecule has 0 fully saturated rings. The molecule has 2 rings (SSSR count). The maximum absolute atomic E-state index is 12.3. The Balaban J connectivity index is 1.86. The standard InChI is InChI=1S/C20H24N2O5/c1-3-26-12-13-27-18-7-5-4-6-17(18)20(24)22-21-19(23)14-15-8-10-16(25-2)11-9-15/h4-11H,3,12-14H2,1-2H3,(H,21,23)(H,22,24). The minimum atomic E-state index is -0.454. The average molecular weight is 372 g/mol. The van der Waals surface area contributed by atoms with E-state index in [0.717, 1.165) is 5.56 Å². The minimum absolute atomic E-state index is 0.136. The lowest BCUT2D eigenvalue weighted by atomic mass is 10.1. The molecule has 0 atom stereocenters. The summed E-state index contributed by atoms with van der Waals surface area (Å²) >= 11 is 0. The van der Waals surface area contributed by atoms with Gasteiger partial charge in [-0.2, -0.15) is 0 Å². The summed E-state index contributed by atoms with van der Waals surface area (Å²) in [6.07, 6.45) is 0.136. The summed E-state index contributed by atoms with van der Waals surface area (Å²) in [5.74, 6) is 0.362. The van der Waals surface area contributed by atoms with Crippen molar-refractivity contribution in [2.24, 2.45) is 0 Å². The van der Waals surface area contributed by atoms with Crippen molar-refractivity contribution in [3.63, 3.8) is 0 Å². The van der Waals surface area contributed by atoms with E-state index in [1.807, 2.05) is 6.92 Å². The molecule has 0 spiro atoms. The molecule has 0 radical (unpaired) electrons. The SMILES string of the molecule is CCOCCOc1ccccc1C(=O)NNC(=O)Cc1ccc(OC)cc1. The molecule has 0 aromatic heterocycles. The van der Waals surface area contributed by atoms with Crippen molar-refractivity contribution in [1.29, 1.82) is 0 Å². The fraction of sp³-hybridized carbons (Fsp3) is 0.300. The second kappa shape index (κ2) is 10.8. The molecule has 2 aromatic rings. The van der Waals surface area contributed by atoms with Crippen molar-refractivity contribution in [2.45, 2.75) is 13.3 Å². The molecular weight excluding hydrogens is 348 g/mol. The van der Waals surface area contributed by atoms with Gasteiger partial charge in [-0.15, -0.1) is 0 Å². The number of para-hydroxylation sites is 1. The molecule has 7 heteroatoms. The summed E-state index contributed by atoms with van der Waals surface area (Å²) in [6, 6.07) is 14.0. The summed E-state index contributed by atoms with van der Waals surface area (Å²) in [5.41, 5.74) is 5.96. The van der Waals surface area contributed by atoms with E-state index in [4.69, 9.17) is 14.2 Å². The number of amides is 2. The summed E-state index contributed by atoms with van der Waals surface area (Å²) in [5, 5.41) is 0. The molecule has 27 heavy (non-hydrogen) atoms. The molecule has 0 heterocycles. The first-order valence-electron chi connectivity index (χ1n) is 8.65. The van der Waals surface area contributed by atoms with Gasteiger partial charge in [0, 0.05) is 6.61 Å². The molecule has 0 unspecified atom stereocenters. The van der Waals surface area contributed by atoms with Crippen molar-refractivity contribution in [2.75, 3.05) is 26.9 Å². The van der Waals surface area contributed by atoms with Crippen LogP contribution in [0.2, 0.25) is 0 Å². The topological polar surface area (TPSA) is 85.9 Å². The van der Waals surface area contributed by atoms with Crippen LogP contribution in [0.25, 0.3) is 0 Å². The first-order chi connectivity index (χ1) is 13.1. The number of rotatable bonds is 9.